The Hall–Kier alpha value is -0.920. The third kappa shape index (κ3) is 1.66. The number of aromatic nitrogens is 2. The van der Waals surface area contributed by atoms with Crippen LogP contribution in [0.3, 0.4) is 0 Å². The number of benzene rings is 1. The summed E-state index contributed by atoms with van der Waals surface area (Å²) in [5.74, 6) is 0. The van der Waals surface area contributed by atoms with Gasteiger partial charge in [0.1, 0.15) is 0 Å². The number of halogens is 1. The molecule has 0 saturated heterocycles. The standard InChI is InChI=1S/C8H8BrN3O2S/c1-4-6(9)3-2-5-7(4)11-12-8(5)15(10,13)14/h2-3H,1H3,(H,11,12)(H2,10,13,14). The maximum absolute atomic E-state index is 11.2. The number of hydrogen-bond acceptors (Lipinski definition) is 3. The van der Waals surface area contributed by atoms with Gasteiger partial charge in [-0.05, 0) is 24.6 Å². The third-order valence-corrected chi connectivity index (χ3v) is 3.90. The van der Waals surface area contributed by atoms with Crippen molar-refractivity contribution in [3.8, 4) is 0 Å². The molecule has 3 N–H and O–H groups in total. The highest BCUT2D eigenvalue weighted by atomic mass is 79.9. The van der Waals surface area contributed by atoms with Crippen LogP contribution in [0.1, 0.15) is 5.56 Å². The Morgan fingerprint density at radius 1 is 1.47 bits per heavy atom. The van der Waals surface area contributed by atoms with Gasteiger partial charge in [-0.25, -0.2) is 13.6 Å². The van der Waals surface area contributed by atoms with Crippen molar-refractivity contribution in [2.75, 3.05) is 0 Å². The number of H-pyrrole nitrogens is 1. The van der Waals surface area contributed by atoms with Crippen molar-refractivity contribution in [3.05, 3.63) is 22.2 Å². The summed E-state index contributed by atoms with van der Waals surface area (Å²) in [7, 11) is -3.75. The molecular formula is C8H8BrN3O2S. The number of rotatable bonds is 1. The number of nitrogens with one attached hydrogen (secondary N) is 1. The number of nitrogens with zero attached hydrogens (tertiary/aromatic N) is 1. The van der Waals surface area contributed by atoms with Crippen LogP contribution in [0.4, 0.5) is 0 Å². The van der Waals surface area contributed by atoms with Crippen LogP contribution in [-0.2, 0) is 10.0 Å². The molecule has 1 aromatic heterocycles. The lowest BCUT2D eigenvalue weighted by molar-refractivity contribution is 0.594. The largest absolute Gasteiger partial charge is 0.265 e. The summed E-state index contributed by atoms with van der Waals surface area (Å²) in [5.41, 5.74) is 1.48. The number of nitrogens with two attached hydrogens (primary N) is 1. The lowest BCUT2D eigenvalue weighted by atomic mass is 10.2. The van der Waals surface area contributed by atoms with Crippen LogP contribution in [0, 0.1) is 6.92 Å². The second-order valence-electron chi connectivity index (χ2n) is 3.17. The van der Waals surface area contributed by atoms with E-state index in [1.54, 1.807) is 12.1 Å². The van der Waals surface area contributed by atoms with Crippen LogP contribution in [-0.4, -0.2) is 18.6 Å². The molecule has 0 aliphatic carbocycles. The molecule has 0 unspecified atom stereocenters. The normalized spacial score (nSPS) is 12.2. The van der Waals surface area contributed by atoms with Crippen LogP contribution in [0.2, 0.25) is 0 Å². The molecule has 0 aliphatic heterocycles. The van der Waals surface area contributed by atoms with Gasteiger partial charge in [-0.2, -0.15) is 5.10 Å². The van der Waals surface area contributed by atoms with Crippen LogP contribution in [0.15, 0.2) is 21.6 Å². The summed E-state index contributed by atoms with van der Waals surface area (Å²) in [5, 5.41) is 11.9. The van der Waals surface area contributed by atoms with E-state index in [1.165, 1.54) is 0 Å². The van der Waals surface area contributed by atoms with Gasteiger partial charge >= 0.3 is 0 Å². The number of hydrogen-bond donors (Lipinski definition) is 2. The molecule has 1 heterocycles. The van der Waals surface area contributed by atoms with Gasteiger partial charge in [0.15, 0.2) is 5.03 Å². The van der Waals surface area contributed by atoms with Crippen LogP contribution in [0.5, 0.6) is 0 Å². The monoisotopic (exact) mass is 289 g/mol. The Bertz CT molecular complexity index is 633. The topological polar surface area (TPSA) is 88.8 Å². The van der Waals surface area contributed by atoms with Crippen molar-refractivity contribution >= 4 is 36.9 Å². The smallest absolute Gasteiger partial charge is 0.255 e. The van der Waals surface area contributed by atoms with Crippen LogP contribution < -0.4 is 5.14 Å². The molecule has 0 radical (unpaired) electrons. The Morgan fingerprint density at radius 3 is 2.73 bits per heavy atom. The summed E-state index contributed by atoms with van der Waals surface area (Å²) in [4.78, 5) is 0. The zero-order chi connectivity index (χ0) is 11.2. The van der Waals surface area contributed by atoms with Gasteiger partial charge in [-0.15, -0.1) is 0 Å². The zero-order valence-corrected chi connectivity index (χ0v) is 10.2. The van der Waals surface area contributed by atoms with Gasteiger partial charge in [0.2, 0.25) is 0 Å². The molecule has 0 saturated carbocycles. The molecule has 1 aromatic carbocycles. The minimum Gasteiger partial charge on any atom is -0.265 e. The second kappa shape index (κ2) is 3.29. The molecule has 7 heteroatoms. The fraction of sp³-hybridized carbons (Fsp3) is 0.125. The Labute approximate surface area is 94.8 Å². The van der Waals surface area contributed by atoms with E-state index in [4.69, 9.17) is 5.14 Å². The van der Waals surface area contributed by atoms with Crippen molar-refractivity contribution in [2.45, 2.75) is 11.9 Å². The molecular weight excluding hydrogens is 282 g/mol. The second-order valence-corrected chi connectivity index (χ2v) is 5.52. The molecule has 0 atom stereocenters. The predicted octanol–water partition coefficient (Wildman–Crippen LogP) is 1.28. The van der Waals surface area contributed by atoms with Crippen molar-refractivity contribution in [1.29, 1.82) is 0 Å². The molecule has 80 valence electrons. The van der Waals surface area contributed by atoms with Gasteiger partial charge in [0.25, 0.3) is 10.0 Å². The number of aryl methyl sites for hydroxylation is 1. The molecule has 0 amide bonds. The minimum absolute atomic E-state index is 0.0481. The molecule has 0 fully saturated rings. The van der Waals surface area contributed by atoms with Crippen molar-refractivity contribution < 1.29 is 8.42 Å². The fourth-order valence-electron chi connectivity index (χ4n) is 1.39. The zero-order valence-electron chi connectivity index (χ0n) is 7.78. The average molecular weight is 290 g/mol. The van der Waals surface area contributed by atoms with Gasteiger partial charge in [-0.3, -0.25) is 5.10 Å². The first-order valence-corrected chi connectivity index (χ1v) is 6.41. The highest BCUT2D eigenvalue weighted by Gasteiger charge is 2.17. The molecule has 0 spiro atoms. The molecule has 5 nitrogen and oxygen atoms in total. The van der Waals surface area contributed by atoms with E-state index in [2.05, 4.69) is 26.1 Å². The van der Waals surface area contributed by atoms with Gasteiger partial charge in [-0.1, -0.05) is 15.9 Å². The first kappa shape index (κ1) is 10.6. The van der Waals surface area contributed by atoms with Crippen LogP contribution >= 0.6 is 15.9 Å². The van der Waals surface area contributed by atoms with E-state index in [0.29, 0.717) is 10.9 Å². The minimum atomic E-state index is -3.75. The maximum atomic E-state index is 11.2. The molecule has 0 aliphatic rings. The third-order valence-electron chi connectivity index (χ3n) is 2.16. The number of fused-ring (bicyclic) bond motifs is 1. The Morgan fingerprint density at radius 2 is 2.13 bits per heavy atom. The summed E-state index contributed by atoms with van der Waals surface area (Å²) in [6.07, 6.45) is 0. The Kier molecular flexibility index (Phi) is 2.32. The molecule has 2 aromatic rings. The lowest BCUT2D eigenvalue weighted by Crippen LogP contribution is -2.12. The molecule has 2 rings (SSSR count). The van der Waals surface area contributed by atoms with Gasteiger partial charge < -0.3 is 0 Å². The highest BCUT2D eigenvalue weighted by Crippen LogP contribution is 2.27. The van der Waals surface area contributed by atoms with E-state index in [-0.39, 0.29) is 5.03 Å². The van der Waals surface area contributed by atoms with E-state index in [0.717, 1.165) is 10.0 Å². The van der Waals surface area contributed by atoms with Crippen molar-refractivity contribution in [3.63, 3.8) is 0 Å². The van der Waals surface area contributed by atoms with E-state index in [9.17, 15) is 8.42 Å². The van der Waals surface area contributed by atoms with E-state index in [1.807, 2.05) is 6.92 Å². The number of primary sulfonamides is 1. The van der Waals surface area contributed by atoms with Crippen molar-refractivity contribution in [2.24, 2.45) is 5.14 Å². The van der Waals surface area contributed by atoms with Gasteiger partial charge in [0.05, 0.1) is 5.52 Å². The lowest BCUT2D eigenvalue weighted by Gasteiger charge is -1.98. The first-order chi connectivity index (χ1) is 6.91. The summed E-state index contributed by atoms with van der Waals surface area (Å²) in [6, 6.07) is 3.43. The average Bonchev–Trinajstić information content (AvgIpc) is 2.54. The van der Waals surface area contributed by atoms with Gasteiger partial charge in [0, 0.05) is 9.86 Å². The molecule has 0 bridgehead atoms. The Balaban J connectivity index is 2.90. The number of aromatic amines is 1. The maximum Gasteiger partial charge on any atom is 0.255 e. The van der Waals surface area contributed by atoms with Crippen molar-refractivity contribution in [1.82, 2.24) is 10.2 Å². The first-order valence-electron chi connectivity index (χ1n) is 4.07. The van der Waals surface area contributed by atoms with Crippen LogP contribution in [0.25, 0.3) is 10.9 Å². The summed E-state index contributed by atoms with van der Waals surface area (Å²) in [6.45, 7) is 1.85. The summed E-state index contributed by atoms with van der Waals surface area (Å²) < 4.78 is 23.3. The quantitative estimate of drug-likeness (QED) is 0.829. The van der Waals surface area contributed by atoms with E-state index < -0.39 is 10.0 Å². The predicted molar refractivity (Wildman–Crippen MR) is 59.9 cm³/mol. The number of sulfonamides is 1. The van der Waals surface area contributed by atoms with E-state index >= 15 is 0 Å². The molecule has 15 heavy (non-hydrogen) atoms. The highest BCUT2D eigenvalue weighted by molar-refractivity contribution is 9.10. The fourth-order valence-corrected chi connectivity index (χ4v) is 2.35. The SMILES string of the molecule is Cc1c(Br)ccc2c(S(N)(=O)=O)[nH]nc12. The summed E-state index contributed by atoms with van der Waals surface area (Å²) >= 11 is 3.34.